The molecule has 0 saturated carbocycles. The standard InChI is InChI=1S/C10H10O3/c1-13-9-4-2-8(3-5-9)10(12)6-7-11/h2-7,11H,1H3/b7-6+. The van der Waals surface area contributed by atoms with E-state index in [0.29, 0.717) is 11.3 Å². The second-order valence-corrected chi connectivity index (χ2v) is 2.41. The monoisotopic (exact) mass is 178 g/mol. The molecule has 0 aliphatic carbocycles. The van der Waals surface area contributed by atoms with E-state index in [-0.39, 0.29) is 5.78 Å². The van der Waals surface area contributed by atoms with Crippen LogP contribution in [0.25, 0.3) is 0 Å². The largest absolute Gasteiger partial charge is 0.515 e. The van der Waals surface area contributed by atoms with Gasteiger partial charge in [-0.15, -0.1) is 0 Å². The van der Waals surface area contributed by atoms with Crippen molar-refractivity contribution < 1.29 is 14.6 Å². The number of aliphatic hydroxyl groups is 1. The summed E-state index contributed by atoms with van der Waals surface area (Å²) in [4.78, 5) is 11.2. The third kappa shape index (κ3) is 2.33. The van der Waals surface area contributed by atoms with Gasteiger partial charge in [-0.1, -0.05) is 0 Å². The highest BCUT2D eigenvalue weighted by Crippen LogP contribution is 2.11. The van der Waals surface area contributed by atoms with Crippen LogP contribution in [-0.2, 0) is 0 Å². The molecule has 0 amide bonds. The summed E-state index contributed by atoms with van der Waals surface area (Å²) in [5.41, 5.74) is 0.520. The first kappa shape index (κ1) is 9.32. The first-order chi connectivity index (χ1) is 6.27. The molecule has 0 aromatic heterocycles. The first-order valence-electron chi connectivity index (χ1n) is 3.77. The normalized spacial score (nSPS) is 10.2. The first-order valence-corrected chi connectivity index (χ1v) is 3.77. The van der Waals surface area contributed by atoms with E-state index in [0.717, 1.165) is 12.3 Å². The number of carbonyl (C=O) groups excluding carboxylic acids is 1. The lowest BCUT2D eigenvalue weighted by Crippen LogP contribution is -1.93. The molecule has 0 atom stereocenters. The van der Waals surface area contributed by atoms with Crippen LogP contribution in [0.4, 0.5) is 0 Å². The minimum absolute atomic E-state index is 0.231. The average Bonchev–Trinajstić information content (AvgIpc) is 2.18. The minimum Gasteiger partial charge on any atom is -0.515 e. The molecule has 68 valence electrons. The Morgan fingerprint density at radius 2 is 2.00 bits per heavy atom. The van der Waals surface area contributed by atoms with E-state index >= 15 is 0 Å². The fraction of sp³-hybridized carbons (Fsp3) is 0.100. The van der Waals surface area contributed by atoms with Crippen LogP contribution in [0, 0.1) is 0 Å². The third-order valence-electron chi connectivity index (χ3n) is 1.60. The second-order valence-electron chi connectivity index (χ2n) is 2.41. The quantitative estimate of drug-likeness (QED) is 0.437. The summed E-state index contributed by atoms with van der Waals surface area (Å²) in [6.07, 6.45) is 1.83. The molecule has 0 saturated heterocycles. The zero-order valence-electron chi connectivity index (χ0n) is 7.23. The van der Waals surface area contributed by atoms with Gasteiger partial charge in [-0.2, -0.15) is 0 Å². The number of carbonyl (C=O) groups is 1. The Hall–Kier alpha value is -1.77. The molecule has 3 nitrogen and oxygen atoms in total. The minimum atomic E-state index is -0.231. The molecule has 0 unspecified atom stereocenters. The van der Waals surface area contributed by atoms with Crippen molar-refractivity contribution in [1.29, 1.82) is 0 Å². The summed E-state index contributed by atoms with van der Waals surface area (Å²) < 4.78 is 4.93. The summed E-state index contributed by atoms with van der Waals surface area (Å²) in [6, 6.07) is 6.67. The summed E-state index contributed by atoms with van der Waals surface area (Å²) in [6.45, 7) is 0. The highest BCUT2D eigenvalue weighted by Gasteiger charge is 2.00. The molecule has 0 aliphatic heterocycles. The lowest BCUT2D eigenvalue weighted by atomic mass is 10.1. The molecule has 1 rings (SSSR count). The van der Waals surface area contributed by atoms with Gasteiger partial charge in [-0.25, -0.2) is 0 Å². The lowest BCUT2D eigenvalue weighted by molar-refractivity contribution is 0.104. The van der Waals surface area contributed by atoms with Gasteiger partial charge in [0.15, 0.2) is 5.78 Å². The summed E-state index contributed by atoms with van der Waals surface area (Å²) >= 11 is 0. The van der Waals surface area contributed by atoms with Crippen molar-refractivity contribution in [2.24, 2.45) is 0 Å². The molecule has 1 N–H and O–H groups in total. The fourth-order valence-corrected chi connectivity index (χ4v) is 0.919. The molecule has 0 aliphatic rings. The van der Waals surface area contributed by atoms with Crippen LogP contribution < -0.4 is 4.74 Å². The van der Waals surface area contributed by atoms with Gasteiger partial charge in [0.1, 0.15) is 5.75 Å². The number of ketones is 1. The molecular formula is C10H10O3. The van der Waals surface area contributed by atoms with Crippen LogP contribution in [0.3, 0.4) is 0 Å². The van der Waals surface area contributed by atoms with Crippen LogP contribution in [0.5, 0.6) is 5.75 Å². The highest BCUT2D eigenvalue weighted by atomic mass is 16.5. The van der Waals surface area contributed by atoms with Crippen LogP contribution in [0.15, 0.2) is 36.6 Å². The van der Waals surface area contributed by atoms with Crippen LogP contribution >= 0.6 is 0 Å². The van der Waals surface area contributed by atoms with Gasteiger partial charge in [-0.05, 0) is 24.3 Å². The van der Waals surface area contributed by atoms with Gasteiger partial charge in [-0.3, -0.25) is 4.79 Å². The van der Waals surface area contributed by atoms with Crippen molar-refractivity contribution in [2.75, 3.05) is 7.11 Å². The Kier molecular flexibility index (Phi) is 3.09. The Morgan fingerprint density at radius 1 is 1.38 bits per heavy atom. The number of benzene rings is 1. The number of methoxy groups -OCH3 is 1. The Morgan fingerprint density at radius 3 is 2.46 bits per heavy atom. The number of rotatable bonds is 3. The van der Waals surface area contributed by atoms with Crippen molar-refractivity contribution in [2.45, 2.75) is 0 Å². The third-order valence-corrected chi connectivity index (χ3v) is 1.60. The predicted molar refractivity (Wildman–Crippen MR) is 49.1 cm³/mol. The molecule has 1 aromatic carbocycles. The smallest absolute Gasteiger partial charge is 0.188 e. The van der Waals surface area contributed by atoms with Gasteiger partial charge < -0.3 is 9.84 Å². The number of aliphatic hydroxyl groups excluding tert-OH is 1. The van der Waals surface area contributed by atoms with E-state index in [9.17, 15) is 4.79 Å². The summed E-state index contributed by atoms with van der Waals surface area (Å²) in [7, 11) is 1.56. The maximum atomic E-state index is 11.2. The predicted octanol–water partition coefficient (Wildman–Crippen LogP) is 1.95. The van der Waals surface area contributed by atoms with E-state index < -0.39 is 0 Å². The lowest BCUT2D eigenvalue weighted by Gasteiger charge is -1.99. The van der Waals surface area contributed by atoms with Crippen molar-refractivity contribution in [3.05, 3.63) is 42.2 Å². The SMILES string of the molecule is COc1ccc(C(=O)/C=C/O)cc1. The van der Waals surface area contributed by atoms with Crippen molar-refractivity contribution in [3.8, 4) is 5.75 Å². The van der Waals surface area contributed by atoms with Crippen LogP contribution in [-0.4, -0.2) is 18.0 Å². The summed E-state index contributed by atoms with van der Waals surface area (Å²) in [5, 5.41) is 8.37. The van der Waals surface area contributed by atoms with E-state index in [4.69, 9.17) is 9.84 Å². The summed E-state index contributed by atoms with van der Waals surface area (Å²) in [5.74, 6) is 0.467. The molecule has 1 aromatic rings. The highest BCUT2D eigenvalue weighted by molar-refractivity contribution is 6.04. The zero-order chi connectivity index (χ0) is 9.68. The van der Waals surface area contributed by atoms with Crippen molar-refractivity contribution in [1.82, 2.24) is 0 Å². The maximum Gasteiger partial charge on any atom is 0.188 e. The van der Waals surface area contributed by atoms with Gasteiger partial charge in [0.2, 0.25) is 0 Å². The van der Waals surface area contributed by atoms with Crippen molar-refractivity contribution >= 4 is 5.78 Å². The van der Waals surface area contributed by atoms with Gasteiger partial charge >= 0.3 is 0 Å². The molecule has 13 heavy (non-hydrogen) atoms. The van der Waals surface area contributed by atoms with Crippen LogP contribution in [0.1, 0.15) is 10.4 Å². The number of ether oxygens (including phenoxy) is 1. The molecule has 0 spiro atoms. The van der Waals surface area contributed by atoms with E-state index in [1.54, 1.807) is 31.4 Å². The van der Waals surface area contributed by atoms with Gasteiger partial charge in [0.05, 0.1) is 13.4 Å². The Bertz CT molecular complexity index is 311. The Balaban J connectivity index is 2.85. The number of hydrogen-bond donors (Lipinski definition) is 1. The maximum absolute atomic E-state index is 11.2. The fourth-order valence-electron chi connectivity index (χ4n) is 0.919. The molecule has 0 bridgehead atoms. The van der Waals surface area contributed by atoms with Gasteiger partial charge in [0.25, 0.3) is 0 Å². The number of allylic oxidation sites excluding steroid dienone is 1. The molecule has 0 heterocycles. The zero-order valence-corrected chi connectivity index (χ0v) is 7.23. The van der Waals surface area contributed by atoms with E-state index in [2.05, 4.69) is 0 Å². The second kappa shape index (κ2) is 4.30. The van der Waals surface area contributed by atoms with E-state index in [1.807, 2.05) is 0 Å². The topological polar surface area (TPSA) is 46.5 Å². The van der Waals surface area contributed by atoms with E-state index in [1.165, 1.54) is 0 Å². The average molecular weight is 178 g/mol. The molecule has 3 heteroatoms. The van der Waals surface area contributed by atoms with Crippen molar-refractivity contribution in [3.63, 3.8) is 0 Å². The molecule has 0 fully saturated rings. The van der Waals surface area contributed by atoms with Crippen LogP contribution in [0.2, 0.25) is 0 Å². The number of hydrogen-bond acceptors (Lipinski definition) is 3. The van der Waals surface area contributed by atoms with Gasteiger partial charge in [0, 0.05) is 11.6 Å². The molecular weight excluding hydrogens is 168 g/mol. The molecule has 0 radical (unpaired) electrons. The Labute approximate surface area is 76.3 Å².